The van der Waals surface area contributed by atoms with Crippen molar-refractivity contribution < 1.29 is 18.1 Å². The zero-order valence-corrected chi connectivity index (χ0v) is 11.4. The summed E-state index contributed by atoms with van der Waals surface area (Å²) in [5.41, 5.74) is 1.16. The van der Waals surface area contributed by atoms with Gasteiger partial charge in [-0.25, -0.2) is 8.42 Å². The highest BCUT2D eigenvalue weighted by Gasteiger charge is 2.15. The molecule has 1 aromatic carbocycles. The molecule has 0 heterocycles. The van der Waals surface area contributed by atoms with Crippen LogP contribution in [0.5, 0.6) is 5.75 Å². The normalized spacial score (nSPS) is 11.3. The Bertz CT molecular complexity index is 570. The van der Waals surface area contributed by atoms with Gasteiger partial charge in [-0.05, 0) is 25.5 Å². The highest BCUT2D eigenvalue weighted by atomic mass is 35.7. The number of rotatable bonds is 5. The highest BCUT2D eigenvalue weighted by molar-refractivity contribution is 8.13. The Morgan fingerprint density at radius 2 is 1.94 bits per heavy atom. The van der Waals surface area contributed by atoms with Crippen LogP contribution in [-0.2, 0) is 9.05 Å². The van der Waals surface area contributed by atoms with Gasteiger partial charge >= 0.3 is 0 Å². The van der Waals surface area contributed by atoms with Crippen LogP contribution in [0.15, 0.2) is 12.1 Å². The van der Waals surface area contributed by atoms with E-state index in [2.05, 4.69) is 0 Å². The van der Waals surface area contributed by atoms with Crippen molar-refractivity contribution in [2.75, 3.05) is 12.4 Å². The summed E-state index contributed by atoms with van der Waals surface area (Å²) in [5, 5.41) is 10.8. The second kappa shape index (κ2) is 5.53. The van der Waals surface area contributed by atoms with Gasteiger partial charge in [0.25, 0.3) is 5.69 Å². The molecular formula is C10H12ClNO5S. The molecule has 8 heteroatoms. The van der Waals surface area contributed by atoms with E-state index in [4.69, 9.17) is 15.4 Å². The first-order chi connectivity index (χ1) is 8.20. The summed E-state index contributed by atoms with van der Waals surface area (Å²) in [4.78, 5) is 10.2. The van der Waals surface area contributed by atoms with Crippen molar-refractivity contribution in [3.05, 3.63) is 33.4 Å². The topological polar surface area (TPSA) is 86.5 Å². The number of nitro benzene ring substituents is 1. The van der Waals surface area contributed by atoms with Gasteiger partial charge in [0.15, 0.2) is 0 Å². The second-order valence-corrected chi connectivity index (χ2v) is 6.65. The second-order valence-electron chi connectivity index (χ2n) is 3.75. The van der Waals surface area contributed by atoms with Crippen LogP contribution in [0.3, 0.4) is 0 Å². The van der Waals surface area contributed by atoms with E-state index in [1.165, 1.54) is 6.07 Å². The molecule has 0 aliphatic carbocycles. The Morgan fingerprint density at radius 1 is 1.33 bits per heavy atom. The zero-order chi connectivity index (χ0) is 13.9. The lowest BCUT2D eigenvalue weighted by Crippen LogP contribution is -2.09. The predicted molar refractivity (Wildman–Crippen MR) is 67.7 cm³/mol. The van der Waals surface area contributed by atoms with Crippen LogP contribution in [0.2, 0.25) is 0 Å². The molecule has 0 saturated carbocycles. The Labute approximate surface area is 109 Å². The maximum Gasteiger partial charge on any atom is 0.276 e. The number of nitrogens with zero attached hydrogens (tertiary/aromatic N) is 1. The largest absolute Gasteiger partial charge is 0.492 e. The minimum absolute atomic E-state index is 0.0654. The SMILES string of the molecule is Cc1cc(C)c([N+](=O)[O-])cc1OCCS(=O)(=O)Cl. The number of hydrogen-bond acceptors (Lipinski definition) is 5. The average molecular weight is 294 g/mol. The summed E-state index contributed by atoms with van der Waals surface area (Å²) in [6.07, 6.45) is 0. The molecule has 0 bridgehead atoms. The Kier molecular flexibility index (Phi) is 4.53. The average Bonchev–Trinajstić information content (AvgIpc) is 2.18. The summed E-state index contributed by atoms with van der Waals surface area (Å²) < 4.78 is 26.6. The monoisotopic (exact) mass is 293 g/mol. The van der Waals surface area contributed by atoms with Crippen LogP contribution in [0.4, 0.5) is 5.69 Å². The van der Waals surface area contributed by atoms with E-state index in [1.807, 2.05) is 0 Å². The van der Waals surface area contributed by atoms with Gasteiger partial charge < -0.3 is 4.74 Å². The lowest BCUT2D eigenvalue weighted by Gasteiger charge is -2.09. The van der Waals surface area contributed by atoms with Crippen molar-refractivity contribution in [3.63, 3.8) is 0 Å². The molecule has 0 aliphatic rings. The quantitative estimate of drug-likeness (QED) is 0.472. The molecule has 18 heavy (non-hydrogen) atoms. The number of aryl methyl sites for hydroxylation is 2. The van der Waals surface area contributed by atoms with Gasteiger partial charge in [0, 0.05) is 16.2 Å². The first kappa shape index (κ1) is 14.7. The molecule has 1 aromatic rings. The number of halogens is 1. The summed E-state index contributed by atoms with van der Waals surface area (Å²) >= 11 is 0. The van der Waals surface area contributed by atoms with Gasteiger partial charge in [-0.15, -0.1) is 0 Å². The molecular weight excluding hydrogens is 282 g/mol. The standard InChI is InChI=1S/C10H12ClNO5S/c1-7-5-8(2)10(6-9(7)12(13)14)17-3-4-18(11,15)16/h5-6H,3-4H2,1-2H3. The number of nitro groups is 1. The van der Waals surface area contributed by atoms with E-state index < -0.39 is 14.0 Å². The molecule has 100 valence electrons. The zero-order valence-electron chi connectivity index (χ0n) is 9.84. The van der Waals surface area contributed by atoms with Gasteiger partial charge in [-0.2, -0.15) is 0 Å². The minimum Gasteiger partial charge on any atom is -0.492 e. The van der Waals surface area contributed by atoms with E-state index >= 15 is 0 Å². The minimum atomic E-state index is -3.63. The van der Waals surface area contributed by atoms with Crippen molar-refractivity contribution in [1.82, 2.24) is 0 Å². The molecule has 0 fully saturated rings. The van der Waals surface area contributed by atoms with Crippen molar-refractivity contribution >= 4 is 25.4 Å². The summed E-state index contributed by atoms with van der Waals surface area (Å²) in [6, 6.07) is 2.90. The lowest BCUT2D eigenvalue weighted by molar-refractivity contribution is -0.385. The first-order valence-electron chi connectivity index (χ1n) is 5.01. The van der Waals surface area contributed by atoms with Crippen molar-refractivity contribution in [2.24, 2.45) is 0 Å². The molecule has 6 nitrogen and oxygen atoms in total. The molecule has 1 rings (SSSR count). The number of hydrogen-bond donors (Lipinski definition) is 0. The number of ether oxygens (including phenoxy) is 1. The molecule has 0 N–H and O–H groups in total. The van der Waals surface area contributed by atoms with Crippen molar-refractivity contribution in [3.8, 4) is 5.75 Å². The van der Waals surface area contributed by atoms with Crippen molar-refractivity contribution in [2.45, 2.75) is 13.8 Å². The van der Waals surface area contributed by atoms with Crippen LogP contribution in [-0.4, -0.2) is 25.7 Å². The molecule has 0 aromatic heterocycles. The molecule has 0 aliphatic heterocycles. The van der Waals surface area contributed by atoms with Gasteiger partial charge in [0.1, 0.15) is 12.4 Å². The lowest BCUT2D eigenvalue weighted by atomic mass is 10.1. The third-order valence-electron chi connectivity index (χ3n) is 2.27. The predicted octanol–water partition coefficient (Wildman–Crippen LogP) is 2.16. The first-order valence-corrected chi connectivity index (χ1v) is 7.49. The highest BCUT2D eigenvalue weighted by Crippen LogP contribution is 2.28. The van der Waals surface area contributed by atoms with Gasteiger partial charge in [-0.1, -0.05) is 0 Å². The Hall–Kier alpha value is -1.34. The van der Waals surface area contributed by atoms with Gasteiger partial charge in [-0.3, -0.25) is 10.1 Å². The van der Waals surface area contributed by atoms with Crippen LogP contribution >= 0.6 is 10.7 Å². The van der Waals surface area contributed by atoms with E-state index in [9.17, 15) is 18.5 Å². The smallest absolute Gasteiger partial charge is 0.276 e. The van der Waals surface area contributed by atoms with E-state index in [-0.39, 0.29) is 23.8 Å². The molecule has 0 spiro atoms. The van der Waals surface area contributed by atoms with E-state index in [1.54, 1.807) is 19.9 Å². The third-order valence-corrected chi connectivity index (χ3v) is 3.39. The van der Waals surface area contributed by atoms with Crippen LogP contribution in [0.1, 0.15) is 11.1 Å². The molecule has 0 saturated heterocycles. The van der Waals surface area contributed by atoms with E-state index in [0.717, 1.165) is 0 Å². The van der Waals surface area contributed by atoms with Crippen molar-refractivity contribution in [1.29, 1.82) is 0 Å². The summed E-state index contributed by atoms with van der Waals surface area (Å²) in [6.45, 7) is 3.20. The Balaban J connectivity index is 2.89. The van der Waals surface area contributed by atoms with Crippen LogP contribution in [0.25, 0.3) is 0 Å². The van der Waals surface area contributed by atoms with Crippen LogP contribution in [0, 0.1) is 24.0 Å². The Morgan fingerprint density at radius 3 is 2.44 bits per heavy atom. The molecule has 0 amide bonds. The van der Waals surface area contributed by atoms with Crippen LogP contribution < -0.4 is 4.74 Å². The fourth-order valence-electron chi connectivity index (χ4n) is 1.43. The molecule has 0 radical (unpaired) electrons. The van der Waals surface area contributed by atoms with E-state index in [0.29, 0.717) is 11.1 Å². The maximum atomic E-state index is 10.8. The fraction of sp³-hybridized carbons (Fsp3) is 0.400. The van der Waals surface area contributed by atoms with Gasteiger partial charge in [0.05, 0.1) is 16.7 Å². The fourth-order valence-corrected chi connectivity index (χ4v) is 1.90. The summed E-state index contributed by atoms with van der Waals surface area (Å²) in [7, 11) is 1.40. The number of benzene rings is 1. The van der Waals surface area contributed by atoms with Gasteiger partial charge in [0.2, 0.25) is 9.05 Å². The maximum absolute atomic E-state index is 10.8. The molecule has 0 unspecified atom stereocenters. The molecule has 0 atom stereocenters. The third kappa shape index (κ3) is 4.15. The summed E-state index contributed by atoms with van der Waals surface area (Å²) in [5.74, 6) is -0.0667.